The van der Waals surface area contributed by atoms with Gasteiger partial charge in [0.25, 0.3) is 0 Å². The van der Waals surface area contributed by atoms with Gasteiger partial charge in [-0.2, -0.15) is 0 Å². The number of carboxylic acids is 2. The molecule has 0 heterocycles. The third kappa shape index (κ3) is 3.19. The SMILES string of the molecule is NC(=O)CC(C(=O)O)C(=O)O. The quantitative estimate of drug-likeness (QED) is 0.440. The first-order chi connectivity index (χ1) is 4.95. The van der Waals surface area contributed by atoms with Crippen molar-refractivity contribution in [3.8, 4) is 0 Å². The fourth-order valence-corrected chi connectivity index (χ4v) is 0.481. The molecule has 4 N–H and O–H groups in total. The van der Waals surface area contributed by atoms with Gasteiger partial charge >= 0.3 is 11.9 Å². The molecule has 0 radical (unpaired) electrons. The molecular weight excluding hydrogens is 154 g/mol. The van der Waals surface area contributed by atoms with Crippen molar-refractivity contribution in [1.29, 1.82) is 0 Å². The Balaban J connectivity index is 4.23. The average molecular weight is 161 g/mol. The van der Waals surface area contributed by atoms with Crippen LogP contribution in [0.2, 0.25) is 0 Å². The van der Waals surface area contributed by atoms with Crippen molar-refractivity contribution in [3.63, 3.8) is 0 Å². The standard InChI is InChI=1S/C5H7NO5/c6-3(7)1-2(4(8)9)5(10)11/h2H,1H2,(H2,6,7)(H,8,9)(H,10,11). The molecule has 0 aromatic rings. The monoisotopic (exact) mass is 161 g/mol. The van der Waals surface area contributed by atoms with Crippen LogP contribution in [0.25, 0.3) is 0 Å². The highest BCUT2D eigenvalue weighted by molar-refractivity contribution is 5.96. The largest absolute Gasteiger partial charge is 0.481 e. The molecule has 0 aliphatic rings. The van der Waals surface area contributed by atoms with E-state index in [2.05, 4.69) is 5.73 Å². The van der Waals surface area contributed by atoms with Crippen molar-refractivity contribution in [1.82, 2.24) is 0 Å². The molecular formula is C5H7NO5. The fraction of sp³-hybridized carbons (Fsp3) is 0.400. The molecule has 0 fully saturated rings. The molecule has 0 unspecified atom stereocenters. The number of hydrogen-bond donors (Lipinski definition) is 3. The Morgan fingerprint density at radius 2 is 1.55 bits per heavy atom. The van der Waals surface area contributed by atoms with Gasteiger partial charge in [-0.05, 0) is 0 Å². The molecule has 0 saturated carbocycles. The van der Waals surface area contributed by atoms with Crippen molar-refractivity contribution < 1.29 is 24.6 Å². The lowest BCUT2D eigenvalue weighted by molar-refractivity contribution is -0.156. The first-order valence-electron chi connectivity index (χ1n) is 2.69. The van der Waals surface area contributed by atoms with Gasteiger partial charge in [-0.15, -0.1) is 0 Å². The number of primary amides is 1. The van der Waals surface area contributed by atoms with Crippen molar-refractivity contribution in [3.05, 3.63) is 0 Å². The molecule has 6 nitrogen and oxygen atoms in total. The topological polar surface area (TPSA) is 118 Å². The molecule has 11 heavy (non-hydrogen) atoms. The highest BCUT2D eigenvalue weighted by Crippen LogP contribution is 2.01. The molecule has 0 rings (SSSR count). The van der Waals surface area contributed by atoms with Crippen molar-refractivity contribution in [2.45, 2.75) is 6.42 Å². The minimum absolute atomic E-state index is 0.676. The zero-order valence-electron chi connectivity index (χ0n) is 5.48. The summed E-state index contributed by atoms with van der Waals surface area (Å²) in [6.07, 6.45) is -0.676. The van der Waals surface area contributed by atoms with Gasteiger partial charge in [-0.1, -0.05) is 0 Å². The van der Waals surface area contributed by atoms with Gasteiger partial charge in [0.05, 0.1) is 6.42 Å². The number of carboxylic acid groups (broad SMARTS) is 2. The van der Waals surface area contributed by atoms with E-state index in [-0.39, 0.29) is 0 Å². The maximum atomic E-state index is 10.1. The van der Waals surface area contributed by atoms with E-state index in [9.17, 15) is 14.4 Å². The van der Waals surface area contributed by atoms with Crippen molar-refractivity contribution in [2.75, 3.05) is 0 Å². The second-order valence-corrected chi connectivity index (χ2v) is 1.90. The van der Waals surface area contributed by atoms with Crippen LogP contribution in [0, 0.1) is 5.92 Å². The molecule has 0 aromatic heterocycles. The normalized spacial score (nSPS) is 9.55. The lowest BCUT2D eigenvalue weighted by Crippen LogP contribution is -2.28. The van der Waals surface area contributed by atoms with Crippen LogP contribution in [0.4, 0.5) is 0 Å². The van der Waals surface area contributed by atoms with E-state index in [1.807, 2.05) is 0 Å². The number of carbonyl (C=O) groups is 3. The molecule has 0 bridgehead atoms. The van der Waals surface area contributed by atoms with E-state index in [4.69, 9.17) is 10.2 Å². The Labute approximate surface area is 61.6 Å². The maximum Gasteiger partial charge on any atom is 0.318 e. The molecule has 6 heteroatoms. The molecule has 0 atom stereocenters. The lowest BCUT2D eigenvalue weighted by Gasteiger charge is -2.02. The summed E-state index contributed by atoms with van der Waals surface area (Å²) in [5.74, 6) is -5.79. The van der Waals surface area contributed by atoms with Gasteiger partial charge in [-0.25, -0.2) is 0 Å². The average Bonchev–Trinajstić information content (AvgIpc) is 1.81. The Bertz CT molecular complexity index is 185. The summed E-state index contributed by atoms with van der Waals surface area (Å²) in [5.41, 5.74) is 4.60. The first kappa shape index (κ1) is 9.41. The Kier molecular flexibility index (Phi) is 3.03. The molecule has 0 saturated heterocycles. The zero-order valence-corrected chi connectivity index (χ0v) is 5.48. The number of nitrogens with two attached hydrogens (primary N) is 1. The van der Waals surface area contributed by atoms with Gasteiger partial charge in [0.15, 0.2) is 5.92 Å². The molecule has 0 spiro atoms. The van der Waals surface area contributed by atoms with Crippen LogP contribution in [0.1, 0.15) is 6.42 Å². The van der Waals surface area contributed by atoms with Crippen LogP contribution < -0.4 is 5.73 Å². The van der Waals surface area contributed by atoms with Crippen LogP contribution in [0.15, 0.2) is 0 Å². The van der Waals surface area contributed by atoms with E-state index in [1.165, 1.54) is 0 Å². The minimum Gasteiger partial charge on any atom is -0.481 e. The van der Waals surface area contributed by atoms with Crippen molar-refractivity contribution >= 4 is 17.8 Å². The number of hydrogen-bond acceptors (Lipinski definition) is 3. The summed E-state index contributed by atoms with van der Waals surface area (Å²) in [6.45, 7) is 0. The molecule has 0 aromatic carbocycles. The van der Waals surface area contributed by atoms with E-state index in [1.54, 1.807) is 0 Å². The van der Waals surface area contributed by atoms with Gasteiger partial charge in [0, 0.05) is 0 Å². The van der Waals surface area contributed by atoms with E-state index < -0.39 is 30.2 Å². The van der Waals surface area contributed by atoms with Crippen LogP contribution >= 0.6 is 0 Å². The maximum absolute atomic E-state index is 10.1. The van der Waals surface area contributed by atoms with E-state index in [0.29, 0.717) is 0 Å². The highest BCUT2D eigenvalue weighted by atomic mass is 16.4. The second-order valence-electron chi connectivity index (χ2n) is 1.90. The predicted octanol–water partition coefficient (Wildman–Crippen LogP) is -1.35. The van der Waals surface area contributed by atoms with E-state index >= 15 is 0 Å². The summed E-state index contributed by atoms with van der Waals surface area (Å²) in [4.78, 5) is 30.3. The van der Waals surface area contributed by atoms with Gasteiger partial charge < -0.3 is 15.9 Å². The van der Waals surface area contributed by atoms with Crippen molar-refractivity contribution in [2.24, 2.45) is 11.7 Å². The fourth-order valence-electron chi connectivity index (χ4n) is 0.481. The second kappa shape index (κ2) is 3.55. The van der Waals surface area contributed by atoms with E-state index in [0.717, 1.165) is 0 Å². The van der Waals surface area contributed by atoms with Crippen LogP contribution in [-0.4, -0.2) is 28.1 Å². The lowest BCUT2D eigenvalue weighted by atomic mass is 10.1. The number of aliphatic carboxylic acids is 2. The molecule has 0 aliphatic carbocycles. The summed E-state index contributed by atoms with van der Waals surface area (Å²) in [6, 6.07) is 0. The highest BCUT2D eigenvalue weighted by Gasteiger charge is 2.27. The third-order valence-electron chi connectivity index (χ3n) is 1.00. The van der Waals surface area contributed by atoms with Gasteiger partial charge in [0.1, 0.15) is 0 Å². The number of carbonyl (C=O) groups excluding carboxylic acids is 1. The predicted molar refractivity (Wildman–Crippen MR) is 32.6 cm³/mol. The van der Waals surface area contributed by atoms with Gasteiger partial charge in [0.2, 0.25) is 5.91 Å². The minimum atomic E-state index is -1.73. The Morgan fingerprint density at radius 3 is 1.64 bits per heavy atom. The zero-order chi connectivity index (χ0) is 9.02. The van der Waals surface area contributed by atoms with Crippen LogP contribution in [0.5, 0.6) is 0 Å². The Hall–Kier alpha value is -1.59. The first-order valence-corrected chi connectivity index (χ1v) is 2.69. The van der Waals surface area contributed by atoms with Crippen LogP contribution in [0.3, 0.4) is 0 Å². The summed E-state index contributed by atoms with van der Waals surface area (Å²) in [5, 5.41) is 16.4. The molecule has 62 valence electrons. The summed E-state index contributed by atoms with van der Waals surface area (Å²) >= 11 is 0. The smallest absolute Gasteiger partial charge is 0.318 e. The molecule has 0 aliphatic heterocycles. The summed E-state index contributed by atoms with van der Waals surface area (Å²) < 4.78 is 0. The Morgan fingerprint density at radius 1 is 1.18 bits per heavy atom. The number of amides is 1. The third-order valence-corrected chi connectivity index (χ3v) is 1.00. The van der Waals surface area contributed by atoms with Gasteiger partial charge in [-0.3, -0.25) is 14.4 Å². The molecule has 1 amide bonds. The summed E-state index contributed by atoms with van der Waals surface area (Å²) in [7, 11) is 0. The number of rotatable bonds is 4. The van der Waals surface area contributed by atoms with Crippen LogP contribution in [-0.2, 0) is 14.4 Å².